The second-order valence-electron chi connectivity index (χ2n) is 5.58. The van der Waals surface area contributed by atoms with Crippen LogP contribution in [-0.2, 0) is 4.74 Å². The fraction of sp³-hybridized carbons (Fsp3) is 0.0526. The Bertz CT molecular complexity index is 1090. The summed E-state index contributed by atoms with van der Waals surface area (Å²) in [5.74, 6) is -0.366. The summed E-state index contributed by atoms with van der Waals surface area (Å²) in [6, 6.07) is 15.2. The van der Waals surface area contributed by atoms with Crippen LogP contribution in [0, 0.1) is 0 Å². The van der Waals surface area contributed by atoms with Gasteiger partial charge >= 0.3 is 12.0 Å². The Kier molecular flexibility index (Phi) is 4.13. The van der Waals surface area contributed by atoms with E-state index in [0.717, 1.165) is 5.39 Å². The maximum absolute atomic E-state index is 12.3. The van der Waals surface area contributed by atoms with Crippen molar-refractivity contribution in [3.63, 3.8) is 0 Å². The van der Waals surface area contributed by atoms with Gasteiger partial charge in [-0.2, -0.15) is 0 Å². The highest BCUT2D eigenvalue weighted by molar-refractivity contribution is 6.03. The Morgan fingerprint density at radius 3 is 2.44 bits per heavy atom. The molecule has 0 bridgehead atoms. The molecule has 4 aromatic rings. The summed E-state index contributed by atoms with van der Waals surface area (Å²) in [6.07, 6.45) is 0. The molecule has 27 heavy (non-hydrogen) atoms. The van der Waals surface area contributed by atoms with Crippen LogP contribution >= 0.6 is 0 Å². The number of nitrogens with zero attached hydrogens (tertiary/aromatic N) is 2. The number of rotatable bonds is 4. The fourth-order valence-electron chi connectivity index (χ4n) is 2.51. The Labute approximate surface area is 152 Å². The van der Waals surface area contributed by atoms with Gasteiger partial charge in [0.15, 0.2) is 5.76 Å². The van der Waals surface area contributed by atoms with Crippen LogP contribution in [0.15, 0.2) is 63.4 Å². The summed E-state index contributed by atoms with van der Waals surface area (Å²) < 4.78 is 15.7. The van der Waals surface area contributed by atoms with Crippen LogP contribution in [0.25, 0.3) is 22.6 Å². The first-order valence-electron chi connectivity index (χ1n) is 7.96. The molecule has 0 radical (unpaired) electrons. The van der Waals surface area contributed by atoms with Crippen LogP contribution in [0.3, 0.4) is 0 Å². The molecule has 0 aliphatic carbocycles. The zero-order chi connectivity index (χ0) is 18.8. The highest BCUT2D eigenvalue weighted by Crippen LogP contribution is 2.27. The van der Waals surface area contributed by atoms with Crippen molar-refractivity contribution in [2.75, 3.05) is 12.4 Å². The van der Waals surface area contributed by atoms with Gasteiger partial charge in [0.05, 0.1) is 12.7 Å². The Morgan fingerprint density at radius 1 is 0.963 bits per heavy atom. The van der Waals surface area contributed by atoms with Crippen LogP contribution < -0.4 is 5.32 Å². The number of anilines is 1. The minimum atomic E-state index is -0.477. The van der Waals surface area contributed by atoms with E-state index in [2.05, 4.69) is 20.3 Å². The molecule has 2 heterocycles. The molecule has 0 saturated carbocycles. The first-order valence-corrected chi connectivity index (χ1v) is 7.96. The van der Waals surface area contributed by atoms with Gasteiger partial charge in [-0.1, -0.05) is 23.3 Å². The standard InChI is InChI=1S/C19H13N3O5/c1-25-18(24)12-8-6-11(7-9-12)16(23)20-19-22-21-17(27-19)15-10-13-4-2-3-5-14(13)26-15/h2-10H,1H3,(H,20,22,23). The van der Waals surface area contributed by atoms with Gasteiger partial charge in [-0.05, 0) is 36.4 Å². The zero-order valence-corrected chi connectivity index (χ0v) is 14.1. The van der Waals surface area contributed by atoms with Gasteiger partial charge in [0.2, 0.25) is 0 Å². The van der Waals surface area contributed by atoms with E-state index < -0.39 is 11.9 Å². The summed E-state index contributed by atoms with van der Waals surface area (Å²) >= 11 is 0. The van der Waals surface area contributed by atoms with E-state index in [0.29, 0.717) is 22.5 Å². The molecule has 2 aromatic carbocycles. The molecular formula is C19H13N3O5. The number of esters is 1. The number of fused-ring (bicyclic) bond motifs is 1. The SMILES string of the molecule is COC(=O)c1ccc(C(=O)Nc2nnc(-c3cc4ccccc4o3)o2)cc1. The molecule has 0 unspecified atom stereocenters. The maximum atomic E-state index is 12.3. The predicted octanol–water partition coefficient (Wildman–Crippen LogP) is 3.52. The van der Waals surface area contributed by atoms with Gasteiger partial charge in [-0.25, -0.2) is 4.79 Å². The Morgan fingerprint density at radius 2 is 1.70 bits per heavy atom. The second-order valence-corrected chi connectivity index (χ2v) is 5.58. The van der Waals surface area contributed by atoms with Gasteiger partial charge in [0.1, 0.15) is 5.58 Å². The number of benzene rings is 2. The predicted molar refractivity (Wildman–Crippen MR) is 95.2 cm³/mol. The average molecular weight is 363 g/mol. The second kappa shape index (κ2) is 6.75. The molecule has 1 N–H and O–H groups in total. The minimum Gasteiger partial charge on any atom is -0.465 e. The normalized spacial score (nSPS) is 10.7. The molecule has 1 amide bonds. The topological polar surface area (TPSA) is 107 Å². The third-order valence-electron chi connectivity index (χ3n) is 3.85. The monoisotopic (exact) mass is 363 g/mol. The molecule has 0 aliphatic rings. The molecule has 134 valence electrons. The molecular weight excluding hydrogens is 350 g/mol. The van der Waals surface area contributed by atoms with Crippen LogP contribution in [-0.4, -0.2) is 29.2 Å². The molecule has 0 aliphatic heterocycles. The Balaban J connectivity index is 1.50. The number of amides is 1. The van der Waals surface area contributed by atoms with Crippen LogP contribution in [0.4, 0.5) is 6.01 Å². The minimum absolute atomic E-state index is 0.0625. The van der Waals surface area contributed by atoms with Crippen molar-refractivity contribution in [1.82, 2.24) is 10.2 Å². The average Bonchev–Trinajstić information content (AvgIpc) is 3.34. The van der Waals surface area contributed by atoms with Gasteiger partial charge in [0.25, 0.3) is 11.8 Å². The van der Waals surface area contributed by atoms with Crippen molar-refractivity contribution < 1.29 is 23.2 Å². The van der Waals surface area contributed by atoms with E-state index in [9.17, 15) is 9.59 Å². The van der Waals surface area contributed by atoms with Crippen LogP contribution in [0.2, 0.25) is 0 Å². The number of hydrogen-bond donors (Lipinski definition) is 1. The van der Waals surface area contributed by atoms with Crippen LogP contribution in [0.1, 0.15) is 20.7 Å². The number of carbonyl (C=O) groups excluding carboxylic acids is 2. The number of hydrogen-bond acceptors (Lipinski definition) is 7. The van der Waals surface area contributed by atoms with E-state index in [1.54, 1.807) is 6.07 Å². The summed E-state index contributed by atoms with van der Waals surface area (Å²) in [7, 11) is 1.29. The van der Waals surface area contributed by atoms with Gasteiger partial charge in [-0.15, -0.1) is 5.10 Å². The van der Waals surface area contributed by atoms with E-state index in [1.165, 1.54) is 31.4 Å². The fourth-order valence-corrected chi connectivity index (χ4v) is 2.51. The highest BCUT2D eigenvalue weighted by atomic mass is 16.5. The lowest BCUT2D eigenvalue weighted by molar-refractivity contribution is 0.0600. The largest absolute Gasteiger partial charge is 0.465 e. The molecule has 4 rings (SSSR count). The molecule has 8 heteroatoms. The first kappa shape index (κ1) is 16.5. The summed E-state index contributed by atoms with van der Waals surface area (Å²) in [5, 5.41) is 11.1. The van der Waals surface area contributed by atoms with Crippen molar-refractivity contribution in [3.8, 4) is 11.7 Å². The molecule has 2 aromatic heterocycles. The molecule has 8 nitrogen and oxygen atoms in total. The molecule has 0 fully saturated rings. The third-order valence-corrected chi connectivity index (χ3v) is 3.85. The van der Waals surface area contributed by atoms with Crippen molar-refractivity contribution in [2.45, 2.75) is 0 Å². The Hall–Kier alpha value is -3.94. The number of furan rings is 1. The summed E-state index contributed by atoms with van der Waals surface area (Å²) in [6.45, 7) is 0. The third kappa shape index (κ3) is 3.28. The summed E-state index contributed by atoms with van der Waals surface area (Å²) in [5.41, 5.74) is 1.37. The first-order chi connectivity index (χ1) is 13.1. The van der Waals surface area contributed by atoms with Crippen molar-refractivity contribution >= 4 is 28.9 Å². The van der Waals surface area contributed by atoms with Gasteiger partial charge in [-0.3, -0.25) is 10.1 Å². The lowest BCUT2D eigenvalue weighted by atomic mass is 10.1. The smallest absolute Gasteiger partial charge is 0.337 e. The summed E-state index contributed by atoms with van der Waals surface area (Å²) in [4.78, 5) is 23.7. The molecule has 0 atom stereocenters. The van der Waals surface area contributed by atoms with E-state index in [4.69, 9.17) is 8.83 Å². The highest BCUT2D eigenvalue weighted by Gasteiger charge is 2.16. The number of ether oxygens (including phenoxy) is 1. The molecule has 0 spiro atoms. The number of carbonyl (C=O) groups is 2. The lowest BCUT2D eigenvalue weighted by Crippen LogP contribution is -2.12. The maximum Gasteiger partial charge on any atom is 0.337 e. The number of para-hydroxylation sites is 1. The van der Waals surface area contributed by atoms with Gasteiger partial charge in [0, 0.05) is 10.9 Å². The van der Waals surface area contributed by atoms with E-state index in [1.807, 2.05) is 24.3 Å². The molecule has 0 saturated heterocycles. The van der Waals surface area contributed by atoms with E-state index in [-0.39, 0.29) is 11.9 Å². The quantitative estimate of drug-likeness (QED) is 0.553. The van der Waals surface area contributed by atoms with Gasteiger partial charge < -0.3 is 13.6 Å². The van der Waals surface area contributed by atoms with Crippen molar-refractivity contribution in [3.05, 3.63) is 65.7 Å². The van der Waals surface area contributed by atoms with Crippen molar-refractivity contribution in [1.29, 1.82) is 0 Å². The lowest BCUT2D eigenvalue weighted by Gasteiger charge is -2.02. The number of nitrogens with one attached hydrogen (secondary N) is 1. The van der Waals surface area contributed by atoms with Crippen molar-refractivity contribution in [2.24, 2.45) is 0 Å². The number of methoxy groups -OCH3 is 1. The zero-order valence-electron chi connectivity index (χ0n) is 14.1. The number of aromatic nitrogens is 2. The van der Waals surface area contributed by atoms with Crippen LogP contribution in [0.5, 0.6) is 0 Å². The van der Waals surface area contributed by atoms with E-state index >= 15 is 0 Å².